The first-order valence-electron chi connectivity index (χ1n) is 31.1. The zero-order valence-corrected chi connectivity index (χ0v) is 52.8. The Kier molecular flexibility index (Phi) is 21.9. The number of methoxy groups -OCH3 is 1. The van der Waals surface area contributed by atoms with Crippen molar-refractivity contribution >= 4 is 30.6 Å². The van der Waals surface area contributed by atoms with Crippen LogP contribution in [-0.2, 0) is 70.7 Å². The maximum Gasteiger partial charge on any atom is 0.338 e. The van der Waals surface area contributed by atoms with Crippen LogP contribution in [0.25, 0.3) is 0 Å². The molecule has 0 unspecified atom stereocenters. The van der Waals surface area contributed by atoms with Crippen LogP contribution in [0.3, 0.4) is 0 Å². The molecular weight excluding hydrogens is 1130 g/mol. The highest BCUT2D eigenvalue weighted by molar-refractivity contribution is 6.99. The van der Waals surface area contributed by atoms with Gasteiger partial charge in [0.25, 0.3) is 8.32 Å². The van der Waals surface area contributed by atoms with Crippen molar-refractivity contribution in [3.05, 3.63) is 270 Å². The molecule has 3 aliphatic rings. The van der Waals surface area contributed by atoms with Crippen molar-refractivity contribution in [1.29, 1.82) is 0 Å². The first kappa shape index (κ1) is 64.4. The zero-order chi connectivity index (χ0) is 62.1. The fraction of sp³-hybridized carbons (Fsp3) is 0.342. The minimum Gasteiger partial charge on any atom is -0.497 e. The maximum absolute atomic E-state index is 14.1. The molecule has 3 fully saturated rings. The molecule has 464 valence electrons. The van der Waals surface area contributed by atoms with Crippen molar-refractivity contribution in [3.8, 4) is 5.75 Å². The van der Waals surface area contributed by atoms with E-state index in [4.69, 9.17) is 47.1 Å². The highest BCUT2D eigenvalue weighted by atomic mass is 28.4. The maximum atomic E-state index is 14.1. The van der Waals surface area contributed by atoms with Gasteiger partial charge in [-0.2, -0.15) is 0 Å². The van der Waals surface area contributed by atoms with E-state index in [0.29, 0.717) is 63.7 Å². The molecule has 0 saturated carbocycles. The Labute approximate surface area is 526 Å². The molecule has 0 bridgehead atoms. The molecule has 0 aliphatic carbocycles. The van der Waals surface area contributed by atoms with E-state index in [2.05, 4.69) is 94.6 Å². The number of carbonyl (C=O) groups is 2. The van der Waals surface area contributed by atoms with E-state index in [1.54, 1.807) is 13.2 Å². The van der Waals surface area contributed by atoms with Crippen molar-refractivity contribution in [1.82, 2.24) is 0 Å². The molecule has 13 heteroatoms. The van der Waals surface area contributed by atoms with Gasteiger partial charge in [0, 0.05) is 37.9 Å². The van der Waals surface area contributed by atoms with E-state index in [9.17, 15) is 9.59 Å². The molecular formula is C76H84O12Si. The Hall–Kier alpha value is -7.56. The topological polar surface area (TPSA) is 126 Å². The lowest BCUT2D eigenvalue weighted by atomic mass is 9.80. The van der Waals surface area contributed by atoms with Crippen LogP contribution in [0.15, 0.2) is 242 Å². The van der Waals surface area contributed by atoms with Crippen LogP contribution in [0.4, 0.5) is 0 Å². The second kappa shape index (κ2) is 30.3. The van der Waals surface area contributed by atoms with Crippen molar-refractivity contribution < 1.29 is 56.6 Å². The molecule has 10 rings (SSSR count). The monoisotopic (exact) mass is 1220 g/mol. The molecule has 0 radical (unpaired) electrons. The summed E-state index contributed by atoms with van der Waals surface area (Å²) < 4.78 is 65.1. The van der Waals surface area contributed by atoms with Gasteiger partial charge in [-0.1, -0.05) is 245 Å². The summed E-state index contributed by atoms with van der Waals surface area (Å²) in [5, 5.41) is 2.29. The average molecular weight is 1220 g/mol. The van der Waals surface area contributed by atoms with E-state index in [1.807, 2.05) is 146 Å². The summed E-state index contributed by atoms with van der Waals surface area (Å²) in [7, 11) is -1.14. The Morgan fingerprint density at radius 3 is 1.72 bits per heavy atom. The highest BCUT2D eigenvalue weighted by Crippen LogP contribution is 2.48. The van der Waals surface area contributed by atoms with Crippen molar-refractivity contribution in [2.75, 3.05) is 27.1 Å². The SMILES string of the molecule is C=C1C[C@H](C[C@@H]2CC(=C)C[C@H](C(=O)OCC/C=C3/C[C@@](OCOCc4ccccc4)(OC(c4ccccc4)(c4ccccc4)c4ccccc4)OC3=O)O2)O[C@H](C[C@H](CCO[Si](c2ccccc2)(c2ccccc2)C(C)(C)C)OCc2ccc(OC)cc2)C1. The second-order valence-corrected chi connectivity index (χ2v) is 28.7. The number of cyclic esters (lactones) is 1. The smallest absolute Gasteiger partial charge is 0.338 e. The van der Waals surface area contributed by atoms with Crippen LogP contribution in [-0.4, -0.2) is 83.9 Å². The third-order valence-corrected chi connectivity index (χ3v) is 21.9. The fourth-order valence-electron chi connectivity index (χ4n) is 12.7. The van der Waals surface area contributed by atoms with Crippen LogP contribution in [0, 0.1) is 0 Å². The van der Waals surface area contributed by atoms with Gasteiger partial charge in [-0.15, -0.1) is 0 Å². The van der Waals surface area contributed by atoms with Crippen LogP contribution < -0.4 is 15.1 Å². The Bertz CT molecular complexity index is 3280. The van der Waals surface area contributed by atoms with Crippen molar-refractivity contribution in [2.24, 2.45) is 0 Å². The van der Waals surface area contributed by atoms with E-state index >= 15 is 0 Å². The summed E-state index contributed by atoms with van der Waals surface area (Å²) in [5.74, 6) is -2.27. The van der Waals surface area contributed by atoms with Crippen LogP contribution in [0.5, 0.6) is 5.75 Å². The fourth-order valence-corrected chi connectivity index (χ4v) is 17.3. The summed E-state index contributed by atoms with van der Waals surface area (Å²) in [6.07, 6.45) is 4.24. The number of carbonyl (C=O) groups excluding carboxylic acids is 2. The predicted molar refractivity (Wildman–Crippen MR) is 348 cm³/mol. The summed E-state index contributed by atoms with van der Waals surface area (Å²) in [4.78, 5) is 28.0. The van der Waals surface area contributed by atoms with E-state index in [0.717, 1.165) is 44.7 Å². The molecule has 89 heavy (non-hydrogen) atoms. The van der Waals surface area contributed by atoms with Gasteiger partial charge in [-0.25, -0.2) is 9.59 Å². The van der Waals surface area contributed by atoms with Crippen LogP contribution >= 0.6 is 0 Å². The van der Waals surface area contributed by atoms with Gasteiger partial charge in [0.15, 0.2) is 18.5 Å². The second-order valence-electron chi connectivity index (χ2n) is 24.4. The molecule has 3 aliphatic heterocycles. The lowest BCUT2D eigenvalue weighted by molar-refractivity contribution is -0.392. The Morgan fingerprint density at radius 2 is 1.16 bits per heavy atom. The lowest BCUT2D eigenvalue weighted by Gasteiger charge is -2.43. The molecule has 7 aromatic carbocycles. The first-order chi connectivity index (χ1) is 43.2. The highest BCUT2D eigenvalue weighted by Gasteiger charge is 2.54. The molecule has 3 saturated heterocycles. The quantitative estimate of drug-likeness (QED) is 0.00881. The number of ether oxygens (including phenoxy) is 9. The molecule has 12 nitrogen and oxygen atoms in total. The molecule has 0 amide bonds. The summed E-state index contributed by atoms with van der Waals surface area (Å²) in [5.41, 5.74) is 5.38. The van der Waals surface area contributed by atoms with Gasteiger partial charge in [-0.05, 0) is 81.0 Å². The normalized spacial score (nSPS) is 20.7. The molecule has 0 aromatic heterocycles. The average Bonchev–Trinajstić information content (AvgIpc) is 1.70. The van der Waals surface area contributed by atoms with Crippen molar-refractivity contribution in [2.45, 2.75) is 139 Å². The summed E-state index contributed by atoms with van der Waals surface area (Å²) in [6.45, 7) is 16.6. The predicted octanol–water partition coefficient (Wildman–Crippen LogP) is 14.2. The Balaban J connectivity index is 0.786. The minimum atomic E-state index is -2.80. The summed E-state index contributed by atoms with van der Waals surface area (Å²) in [6, 6.07) is 68.6. The van der Waals surface area contributed by atoms with E-state index in [1.165, 1.54) is 10.4 Å². The van der Waals surface area contributed by atoms with Gasteiger partial charge in [-0.3, -0.25) is 9.47 Å². The standard InChI is InChI=1S/C76H84O12Si/c1-56-46-66(50-65(82-54-59-39-41-64(79-6)42-40-59)43-45-84-89(74(3,4)5,69-35-21-11-22-36-69)70-37-23-12-24-38-70)85-67(47-56)51-68-48-57(2)49-71(86-68)73(78)81-44-25-28-60-52-75(87-72(60)77,83-55-80-53-58-26-13-7-14-27-58)88-76(61-29-15-8-16-30-61,62-31-17-9-18-32-62)63-33-19-10-20-34-63/h7-24,26-42,65-68,71H,1-2,25,43-55H2,3-6H3/b60-28-/t65-,66-,67+,68-,71+,75-/m0/s1. The first-order valence-corrected chi connectivity index (χ1v) is 33.0. The van der Waals surface area contributed by atoms with Gasteiger partial charge in [0.2, 0.25) is 0 Å². The van der Waals surface area contributed by atoms with Gasteiger partial charge in [0.05, 0.1) is 57.8 Å². The molecule has 6 atom stereocenters. The minimum absolute atomic E-state index is 0.0125. The number of esters is 2. The lowest BCUT2D eigenvalue weighted by Crippen LogP contribution is -2.66. The third-order valence-electron chi connectivity index (χ3n) is 16.9. The van der Waals surface area contributed by atoms with Crippen LogP contribution in [0.2, 0.25) is 5.04 Å². The number of benzene rings is 7. The van der Waals surface area contributed by atoms with Crippen LogP contribution in [0.1, 0.15) is 106 Å². The van der Waals surface area contributed by atoms with Gasteiger partial charge in [0.1, 0.15) is 5.75 Å². The Morgan fingerprint density at radius 1 is 0.640 bits per heavy atom. The largest absolute Gasteiger partial charge is 0.497 e. The van der Waals surface area contributed by atoms with Gasteiger partial charge >= 0.3 is 17.9 Å². The van der Waals surface area contributed by atoms with E-state index < -0.39 is 37.9 Å². The molecule has 7 aromatic rings. The van der Waals surface area contributed by atoms with Gasteiger partial charge < -0.3 is 37.6 Å². The molecule has 3 heterocycles. The van der Waals surface area contributed by atoms with E-state index in [-0.39, 0.29) is 62.3 Å². The number of rotatable bonds is 28. The third kappa shape index (κ3) is 16.3. The van der Waals surface area contributed by atoms with Crippen molar-refractivity contribution in [3.63, 3.8) is 0 Å². The summed E-state index contributed by atoms with van der Waals surface area (Å²) >= 11 is 0. The number of hydrogen-bond acceptors (Lipinski definition) is 12. The number of hydrogen-bond donors (Lipinski definition) is 0. The molecule has 0 N–H and O–H groups in total. The zero-order valence-electron chi connectivity index (χ0n) is 51.8. The molecule has 0 spiro atoms.